The third-order valence-electron chi connectivity index (χ3n) is 3.13. The van der Waals surface area contributed by atoms with Gasteiger partial charge in [-0.05, 0) is 37.5 Å². The number of carbonyl (C=O) groups excluding carboxylic acids is 1. The van der Waals surface area contributed by atoms with Gasteiger partial charge in [0.1, 0.15) is 5.82 Å². The summed E-state index contributed by atoms with van der Waals surface area (Å²) in [5.41, 5.74) is 5.98. The zero-order valence-corrected chi connectivity index (χ0v) is 10.1. The average molecular weight is 257 g/mol. The molecule has 0 aromatic heterocycles. The van der Waals surface area contributed by atoms with Crippen LogP contribution in [0.15, 0.2) is 18.2 Å². The monoisotopic (exact) mass is 256 g/mol. The number of benzene rings is 1. The minimum absolute atomic E-state index is 0.113. The fourth-order valence-corrected chi connectivity index (χ4v) is 2.09. The Labute approximate surface area is 104 Å². The molecule has 3 N–H and O–H groups in total. The van der Waals surface area contributed by atoms with E-state index in [2.05, 4.69) is 5.32 Å². The Morgan fingerprint density at radius 3 is 2.76 bits per heavy atom. The van der Waals surface area contributed by atoms with Crippen LogP contribution >= 0.6 is 11.6 Å². The van der Waals surface area contributed by atoms with E-state index in [1.54, 1.807) is 0 Å². The summed E-state index contributed by atoms with van der Waals surface area (Å²) in [4.78, 5) is 11.8. The van der Waals surface area contributed by atoms with Gasteiger partial charge < -0.3 is 11.1 Å². The topological polar surface area (TPSA) is 55.1 Å². The first kappa shape index (κ1) is 12.3. The van der Waals surface area contributed by atoms with Gasteiger partial charge in [-0.3, -0.25) is 4.79 Å². The lowest BCUT2D eigenvalue weighted by molar-refractivity contribution is 0.0930. The van der Waals surface area contributed by atoms with Gasteiger partial charge in [-0.2, -0.15) is 0 Å². The van der Waals surface area contributed by atoms with Crippen LogP contribution < -0.4 is 11.1 Å². The van der Waals surface area contributed by atoms with Crippen molar-refractivity contribution in [2.75, 3.05) is 6.54 Å². The highest BCUT2D eigenvalue weighted by molar-refractivity contribution is 6.33. The summed E-state index contributed by atoms with van der Waals surface area (Å²) in [6, 6.07) is 3.71. The van der Waals surface area contributed by atoms with Crippen LogP contribution in [-0.4, -0.2) is 18.0 Å². The second-order valence-corrected chi connectivity index (χ2v) is 4.93. The molecule has 1 saturated carbocycles. The zero-order valence-electron chi connectivity index (χ0n) is 9.30. The Balaban J connectivity index is 1.99. The van der Waals surface area contributed by atoms with E-state index in [-0.39, 0.29) is 22.0 Å². The maximum absolute atomic E-state index is 12.8. The molecule has 2 rings (SSSR count). The maximum atomic E-state index is 12.8. The highest BCUT2D eigenvalue weighted by Gasteiger charge is 2.32. The Bertz CT molecular complexity index is 446. The van der Waals surface area contributed by atoms with Crippen molar-refractivity contribution in [1.82, 2.24) is 5.32 Å². The van der Waals surface area contributed by atoms with Crippen molar-refractivity contribution in [3.8, 4) is 0 Å². The van der Waals surface area contributed by atoms with E-state index < -0.39 is 5.82 Å². The largest absolute Gasteiger partial charge is 0.350 e. The van der Waals surface area contributed by atoms with Gasteiger partial charge in [-0.25, -0.2) is 4.39 Å². The fraction of sp³-hybridized carbons (Fsp3) is 0.417. The molecule has 5 heteroatoms. The van der Waals surface area contributed by atoms with E-state index in [9.17, 15) is 9.18 Å². The molecule has 0 unspecified atom stereocenters. The van der Waals surface area contributed by atoms with Gasteiger partial charge in [0.2, 0.25) is 0 Å². The lowest BCUT2D eigenvalue weighted by Crippen LogP contribution is -2.54. The summed E-state index contributed by atoms with van der Waals surface area (Å²) >= 11 is 5.79. The third kappa shape index (κ3) is 2.76. The van der Waals surface area contributed by atoms with Crippen LogP contribution in [0.25, 0.3) is 0 Å². The highest BCUT2D eigenvalue weighted by Crippen LogP contribution is 2.28. The van der Waals surface area contributed by atoms with Crippen molar-refractivity contribution in [2.24, 2.45) is 5.73 Å². The first-order valence-corrected chi connectivity index (χ1v) is 5.90. The first-order valence-electron chi connectivity index (χ1n) is 5.52. The number of carbonyl (C=O) groups is 1. The number of nitrogens with one attached hydrogen (secondary N) is 1. The fourth-order valence-electron chi connectivity index (χ4n) is 1.83. The maximum Gasteiger partial charge on any atom is 0.252 e. The number of halogens is 2. The van der Waals surface area contributed by atoms with E-state index in [1.165, 1.54) is 12.1 Å². The van der Waals surface area contributed by atoms with Crippen molar-refractivity contribution >= 4 is 17.5 Å². The third-order valence-corrected chi connectivity index (χ3v) is 3.44. The Morgan fingerprint density at radius 1 is 1.53 bits per heavy atom. The Hall–Kier alpha value is -1.13. The van der Waals surface area contributed by atoms with Crippen LogP contribution in [0.4, 0.5) is 4.39 Å². The summed E-state index contributed by atoms with van der Waals surface area (Å²) in [7, 11) is 0. The molecule has 0 bridgehead atoms. The second-order valence-electron chi connectivity index (χ2n) is 4.52. The molecule has 0 spiro atoms. The molecule has 17 heavy (non-hydrogen) atoms. The van der Waals surface area contributed by atoms with Gasteiger partial charge in [-0.15, -0.1) is 0 Å². The normalized spacial score (nSPS) is 17.4. The molecule has 0 aliphatic heterocycles. The Kier molecular flexibility index (Phi) is 3.35. The van der Waals surface area contributed by atoms with E-state index in [4.69, 9.17) is 17.3 Å². The minimum atomic E-state index is -0.458. The number of hydrogen-bond acceptors (Lipinski definition) is 2. The van der Waals surface area contributed by atoms with Crippen LogP contribution in [0.3, 0.4) is 0 Å². The molecule has 1 aliphatic carbocycles. The molecule has 1 aromatic rings. The molecule has 0 radical (unpaired) electrons. The number of nitrogens with two attached hydrogens (primary N) is 1. The van der Waals surface area contributed by atoms with Gasteiger partial charge >= 0.3 is 0 Å². The van der Waals surface area contributed by atoms with Gasteiger partial charge in [-0.1, -0.05) is 11.6 Å². The van der Waals surface area contributed by atoms with Crippen LogP contribution in [0, 0.1) is 5.82 Å². The predicted octanol–water partition coefficient (Wildman–Crippen LogP) is 2.09. The van der Waals surface area contributed by atoms with Crippen LogP contribution in [0.1, 0.15) is 29.6 Å². The van der Waals surface area contributed by atoms with Gasteiger partial charge in [0, 0.05) is 12.1 Å². The summed E-state index contributed by atoms with van der Waals surface area (Å²) < 4.78 is 12.8. The molecule has 0 atom stereocenters. The molecular weight excluding hydrogens is 243 g/mol. The standard InChI is InChI=1S/C12H14ClFN2O/c13-10-6-8(14)2-3-9(10)11(17)16-7-12(15)4-1-5-12/h2-3,6H,1,4-5,7,15H2,(H,16,17). The molecule has 1 fully saturated rings. The number of rotatable bonds is 3. The van der Waals surface area contributed by atoms with E-state index >= 15 is 0 Å². The highest BCUT2D eigenvalue weighted by atomic mass is 35.5. The van der Waals surface area contributed by atoms with Gasteiger partial charge in [0.15, 0.2) is 0 Å². The quantitative estimate of drug-likeness (QED) is 0.870. The van der Waals surface area contributed by atoms with E-state index in [0.717, 1.165) is 25.3 Å². The molecule has 92 valence electrons. The van der Waals surface area contributed by atoms with E-state index in [0.29, 0.717) is 6.54 Å². The zero-order chi connectivity index (χ0) is 12.5. The summed E-state index contributed by atoms with van der Waals surface area (Å²) in [5, 5.41) is 2.84. The van der Waals surface area contributed by atoms with Gasteiger partial charge in [0.05, 0.1) is 10.6 Å². The number of hydrogen-bond donors (Lipinski definition) is 2. The van der Waals surface area contributed by atoms with Crippen LogP contribution in [0.5, 0.6) is 0 Å². The van der Waals surface area contributed by atoms with Crippen molar-refractivity contribution in [3.05, 3.63) is 34.6 Å². The number of amides is 1. The molecule has 1 aliphatic rings. The van der Waals surface area contributed by atoms with Gasteiger partial charge in [0.25, 0.3) is 5.91 Å². The molecule has 1 amide bonds. The van der Waals surface area contributed by atoms with Crippen molar-refractivity contribution in [2.45, 2.75) is 24.8 Å². The first-order chi connectivity index (χ1) is 8.00. The van der Waals surface area contributed by atoms with Crippen molar-refractivity contribution in [3.63, 3.8) is 0 Å². The van der Waals surface area contributed by atoms with Crippen LogP contribution in [-0.2, 0) is 0 Å². The second kappa shape index (κ2) is 4.63. The molecule has 0 heterocycles. The predicted molar refractivity (Wildman–Crippen MR) is 64.5 cm³/mol. The lowest BCUT2D eigenvalue weighted by atomic mass is 9.78. The lowest BCUT2D eigenvalue weighted by Gasteiger charge is -2.38. The minimum Gasteiger partial charge on any atom is -0.350 e. The average Bonchev–Trinajstić information content (AvgIpc) is 2.23. The van der Waals surface area contributed by atoms with E-state index in [1.807, 2.05) is 0 Å². The van der Waals surface area contributed by atoms with Crippen molar-refractivity contribution in [1.29, 1.82) is 0 Å². The Morgan fingerprint density at radius 2 is 2.24 bits per heavy atom. The summed E-state index contributed by atoms with van der Waals surface area (Å²) in [6.07, 6.45) is 2.94. The molecule has 3 nitrogen and oxygen atoms in total. The molecule has 1 aromatic carbocycles. The van der Waals surface area contributed by atoms with Crippen molar-refractivity contribution < 1.29 is 9.18 Å². The molecular formula is C12H14ClFN2O. The SMILES string of the molecule is NC1(CNC(=O)c2ccc(F)cc2Cl)CCC1. The smallest absolute Gasteiger partial charge is 0.252 e. The summed E-state index contributed by atoms with van der Waals surface area (Å²) in [5.74, 6) is -0.771. The van der Waals surface area contributed by atoms with Crippen LogP contribution in [0.2, 0.25) is 5.02 Å². The molecule has 0 saturated heterocycles. The summed E-state index contributed by atoms with van der Waals surface area (Å²) in [6.45, 7) is 0.430.